The number of benzene rings is 2. The van der Waals surface area contributed by atoms with E-state index in [0.29, 0.717) is 5.56 Å². The van der Waals surface area contributed by atoms with Crippen LogP contribution in [-0.2, 0) is 20.0 Å². The fraction of sp³-hybridized carbons (Fsp3) is 0.333. The van der Waals surface area contributed by atoms with Gasteiger partial charge in [-0.2, -0.15) is 8.61 Å². The molecule has 6 nitrogen and oxygen atoms in total. The van der Waals surface area contributed by atoms with Crippen LogP contribution >= 0.6 is 0 Å². The number of sulfonamides is 2. The average Bonchev–Trinajstić information content (AvgIpc) is 2.64. The van der Waals surface area contributed by atoms with Crippen LogP contribution in [0.15, 0.2) is 58.3 Å². The summed E-state index contributed by atoms with van der Waals surface area (Å²) in [5.74, 6) is 0. The number of hydrogen-bond donors (Lipinski definition) is 0. The smallest absolute Gasteiger partial charge is 0.207 e. The maximum Gasteiger partial charge on any atom is 0.243 e. The van der Waals surface area contributed by atoms with Gasteiger partial charge in [0.15, 0.2) is 0 Å². The molecule has 0 aliphatic carbocycles. The second-order valence-corrected chi connectivity index (χ2v) is 10.2. The number of nitrogens with zero attached hydrogens (tertiary/aromatic N) is 2. The number of hydrogen-bond acceptors (Lipinski definition) is 4. The Balaban J connectivity index is 1.79. The summed E-state index contributed by atoms with van der Waals surface area (Å²) in [4.78, 5) is 0.516. The van der Waals surface area contributed by atoms with Crippen LogP contribution in [0.25, 0.3) is 0 Å². The van der Waals surface area contributed by atoms with Crippen molar-refractivity contribution in [3.63, 3.8) is 0 Å². The third-order valence-electron chi connectivity index (χ3n) is 4.54. The molecule has 1 saturated heterocycles. The molecule has 3 rings (SSSR count). The molecule has 1 heterocycles. The quantitative estimate of drug-likeness (QED) is 0.795. The zero-order valence-electron chi connectivity index (χ0n) is 14.8. The lowest BCUT2D eigenvalue weighted by Gasteiger charge is -2.33. The molecule has 26 heavy (non-hydrogen) atoms. The third-order valence-corrected chi connectivity index (χ3v) is 8.49. The average molecular weight is 395 g/mol. The van der Waals surface area contributed by atoms with Crippen LogP contribution in [-0.4, -0.2) is 51.6 Å². The molecule has 1 fully saturated rings. The predicted octanol–water partition coefficient (Wildman–Crippen LogP) is 2.00. The largest absolute Gasteiger partial charge is 0.243 e. The fourth-order valence-corrected chi connectivity index (χ4v) is 6.19. The minimum absolute atomic E-state index is 0.140. The van der Waals surface area contributed by atoms with E-state index in [1.165, 1.54) is 8.61 Å². The summed E-state index contributed by atoms with van der Waals surface area (Å²) < 4.78 is 53.9. The van der Waals surface area contributed by atoms with E-state index in [1.807, 2.05) is 13.0 Å². The maximum absolute atomic E-state index is 12.9. The number of aryl methyl sites for hydroxylation is 2. The summed E-state index contributed by atoms with van der Waals surface area (Å²) in [6.45, 7) is 4.18. The second kappa shape index (κ2) is 7.11. The Morgan fingerprint density at radius 1 is 0.731 bits per heavy atom. The van der Waals surface area contributed by atoms with Crippen molar-refractivity contribution in [1.82, 2.24) is 8.61 Å². The van der Waals surface area contributed by atoms with E-state index in [2.05, 4.69) is 0 Å². The Labute approximate surface area is 155 Å². The molecule has 2 aromatic carbocycles. The molecular weight excluding hydrogens is 372 g/mol. The molecular formula is C18H22N2O4S2. The van der Waals surface area contributed by atoms with Crippen molar-refractivity contribution in [1.29, 1.82) is 0 Å². The molecule has 0 amide bonds. The van der Waals surface area contributed by atoms with Crippen molar-refractivity contribution in [2.24, 2.45) is 0 Å². The van der Waals surface area contributed by atoms with Gasteiger partial charge in [0, 0.05) is 26.2 Å². The van der Waals surface area contributed by atoms with E-state index in [-0.39, 0.29) is 36.0 Å². The van der Waals surface area contributed by atoms with Crippen molar-refractivity contribution in [2.75, 3.05) is 26.2 Å². The van der Waals surface area contributed by atoms with Gasteiger partial charge in [-0.25, -0.2) is 16.8 Å². The van der Waals surface area contributed by atoms with E-state index in [4.69, 9.17) is 0 Å². The van der Waals surface area contributed by atoms with Gasteiger partial charge in [0.05, 0.1) is 9.79 Å². The topological polar surface area (TPSA) is 74.8 Å². The Kier molecular flexibility index (Phi) is 5.21. The van der Waals surface area contributed by atoms with Crippen molar-refractivity contribution in [2.45, 2.75) is 23.6 Å². The molecule has 1 aliphatic heterocycles. The van der Waals surface area contributed by atoms with Crippen LogP contribution in [0.5, 0.6) is 0 Å². The summed E-state index contributed by atoms with van der Waals surface area (Å²) in [6.07, 6.45) is 0. The number of rotatable bonds is 4. The molecule has 0 aromatic heterocycles. The minimum atomic E-state index is -3.64. The first kappa shape index (κ1) is 19.0. The first-order valence-corrected chi connectivity index (χ1v) is 11.2. The van der Waals surface area contributed by atoms with E-state index in [9.17, 15) is 16.8 Å². The Hall–Kier alpha value is -1.74. The van der Waals surface area contributed by atoms with Gasteiger partial charge in [-0.15, -0.1) is 0 Å². The van der Waals surface area contributed by atoms with Gasteiger partial charge in [-0.05, 0) is 43.2 Å². The van der Waals surface area contributed by atoms with Crippen molar-refractivity contribution < 1.29 is 16.8 Å². The van der Waals surface area contributed by atoms with E-state index >= 15 is 0 Å². The monoisotopic (exact) mass is 394 g/mol. The highest BCUT2D eigenvalue weighted by molar-refractivity contribution is 7.89. The van der Waals surface area contributed by atoms with Gasteiger partial charge >= 0.3 is 0 Å². The molecule has 2 aromatic rings. The van der Waals surface area contributed by atoms with Crippen LogP contribution < -0.4 is 0 Å². The molecule has 1 aliphatic rings. The van der Waals surface area contributed by atoms with Crippen LogP contribution in [0.3, 0.4) is 0 Å². The van der Waals surface area contributed by atoms with Crippen molar-refractivity contribution in [3.8, 4) is 0 Å². The summed E-state index contributed by atoms with van der Waals surface area (Å²) in [5, 5.41) is 0. The number of piperazine rings is 1. The molecule has 0 bridgehead atoms. The maximum atomic E-state index is 12.9. The molecule has 0 radical (unpaired) electrons. The lowest BCUT2D eigenvalue weighted by molar-refractivity contribution is 0.272. The summed E-state index contributed by atoms with van der Waals surface area (Å²) in [5.41, 5.74) is 1.56. The molecule has 0 atom stereocenters. The van der Waals surface area contributed by atoms with Gasteiger partial charge in [0.2, 0.25) is 20.0 Å². The van der Waals surface area contributed by atoms with Gasteiger partial charge in [0.25, 0.3) is 0 Å². The van der Waals surface area contributed by atoms with Crippen LogP contribution in [0.2, 0.25) is 0 Å². The molecule has 0 N–H and O–H groups in total. The zero-order chi connectivity index (χ0) is 18.9. The van der Waals surface area contributed by atoms with Gasteiger partial charge in [-0.3, -0.25) is 0 Å². The van der Waals surface area contributed by atoms with Crippen molar-refractivity contribution >= 4 is 20.0 Å². The predicted molar refractivity (Wildman–Crippen MR) is 99.9 cm³/mol. The van der Waals surface area contributed by atoms with Crippen LogP contribution in [0.4, 0.5) is 0 Å². The minimum Gasteiger partial charge on any atom is -0.207 e. The lowest BCUT2D eigenvalue weighted by atomic mass is 10.2. The third kappa shape index (κ3) is 3.55. The van der Waals surface area contributed by atoms with E-state index < -0.39 is 20.0 Å². The SMILES string of the molecule is Cc1ccc(C)c(S(=O)(=O)N2CCN(S(=O)(=O)c3ccccc3)CC2)c1. The van der Waals surface area contributed by atoms with E-state index in [0.717, 1.165) is 5.56 Å². The first-order chi connectivity index (χ1) is 12.2. The van der Waals surface area contributed by atoms with Gasteiger partial charge < -0.3 is 0 Å². The fourth-order valence-electron chi connectivity index (χ4n) is 3.02. The lowest BCUT2D eigenvalue weighted by Crippen LogP contribution is -2.50. The van der Waals surface area contributed by atoms with Crippen LogP contribution in [0, 0.1) is 13.8 Å². The molecule has 0 spiro atoms. The molecule has 0 saturated carbocycles. The normalized spacial score (nSPS) is 17.3. The van der Waals surface area contributed by atoms with Gasteiger partial charge in [0.1, 0.15) is 0 Å². The highest BCUT2D eigenvalue weighted by Gasteiger charge is 2.34. The summed E-state index contributed by atoms with van der Waals surface area (Å²) >= 11 is 0. The highest BCUT2D eigenvalue weighted by Crippen LogP contribution is 2.24. The van der Waals surface area contributed by atoms with Crippen LogP contribution in [0.1, 0.15) is 11.1 Å². The van der Waals surface area contributed by atoms with Gasteiger partial charge in [-0.1, -0.05) is 30.3 Å². The highest BCUT2D eigenvalue weighted by atomic mass is 32.2. The Morgan fingerprint density at radius 2 is 1.27 bits per heavy atom. The Morgan fingerprint density at radius 3 is 1.85 bits per heavy atom. The standard InChI is InChI=1S/C18H22N2O4S2/c1-15-8-9-16(2)18(14-15)26(23,24)20-12-10-19(11-13-20)25(21,22)17-6-4-3-5-7-17/h3-9,14H,10-13H2,1-2H3. The summed E-state index contributed by atoms with van der Waals surface area (Å²) in [6, 6.07) is 13.5. The second-order valence-electron chi connectivity index (χ2n) is 6.39. The molecule has 140 valence electrons. The van der Waals surface area contributed by atoms with E-state index in [1.54, 1.807) is 49.4 Å². The first-order valence-electron chi connectivity index (χ1n) is 8.35. The molecule has 8 heteroatoms. The summed E-state index contributed by atoms with van der Waals surface area (Å²) in [7, 11) is -7.24. The Bertz CT molecular complexity index is 995. The zero-order valence-corrected chi connectivity index (χ0v) is 16.4. The molecule has 0 unspecified atom stereocenters. The van der Waals surface area contributed by atoms with Crippen molar-refractivity contribution in [3.05, 3.63) is 59.7 Å².